The number of aryl methyl sites for hydroxylation is 1. The zero-order valence-electron chi connectivity index (χ0n) is 13.7. The summed E-state index contributed by atoms with van der Waals surface area (Å²) in [5.41, 5.74) is 1.48. The van der Waals surface area contributed by atoms with E-state index in [1.165, 1.54) is 12.1 Å². The molecule has 0 unspecified atom stereocenters. The minimum absolute atomic E-state index is 0.0316. The predicted molar refractivity (Wildman–Crippen MR) is 95.7 cm³/mol. The van der Waals surface area contributed by atoms with Gasteiger partial charge in [0.1, 0.15) is 11.3 Å². The molecule has 0 aliphatic heterocycles. The molecule has 0 aliphatic rings. The molecular formula is C20H17NO4. The number of rotatable bonds is 4. The van der Waals surface area contributed by atoms with E-state index in [0.717, 1.165) is 16.3 Å². The maximum Gasteiger partial charge on any atom is 0.342 e. The molecule has 3 rings (SSSR count). The number of nitrogens with one attached hydrogen (secondary N) is 1. The van der Waals surface area contributed by atoms with Gasteiger partial charge in [-0.15, -0.1) is 0 Å². The number of phenols is 1. The Labute approximate surface area is 144 Å². The Morgan fingerprint density at radius 3 is 2.52 bits per heavy atom. The Hall–Kier alpha value is -3.34. The predicted octanol–water partition coefficient (Wildman–Crippen LogP) is 3.65. The smallest absolute Gasteiger partial charge is 0.342 e. The van der Waals surface area contributed by atoms with Crippen molar-refractivity contribution in [2.45, 2.75) is 6.92 Å². The van der Waals surface area contributed by atoms with Gasteiger partial charge in [-0.1, -0.05) is 36.4 Å². The molecule has 0 radical (unpaired) electrons. The van der Waals surface area contributed by atoms with Gasteiger partial charge in [0.25, 0.3) is 5.91 Å². The first kappa shape index (κ1) is 16.5. The van der Waals surface area contributed by atoms with E-state index in [9.17, 15) is 14.7 Å². The maximum absolute atomic E-state index is 12.0. The lowest BCUT2D eigenvalue weighted by Crippen LogP contribution is -2.21. The topological polar surface area (TPSA) is 75.6 Å². The molecule has 0 fully saturated rings. The van der Waals surface area contributed by atoms with Crippen molar-refractivity contribution in [2.24, 2.45) is 0 Å². The van der Waals surface area contributed by atoms with Crippen LogP contribution >= 0.6 is 0 Å². The number of amides is 1. The molecule has 0 spiro atoms. The van der Waals surface area contributed by atoms with E-state index >= 15 is 0 Å². The fraction of sp³-hybridized carbons (Fsp3) is 0.100. The third-order valence-corrected chi connectivity index (χ3v) is 3.74. The average molecular weight is 335 g/mol. The summed E-state index contributed by atoms with van der Waals surface area (Å²) < 4.78 is 4.96. The summed E-state index contributed by atoms with van der Waals surface area (Å²) in [6.45, 7) is 1.37. The maximum atomic E-state index is 12.0. The number of benzene rings is 3. The van der Waals surface area contributed by atoms with Crippen molar-refractivity contribution < 1.29 is 19.4 Å². The van der Waals surface area contributed by atoms with E-state index in [2.05, 4.69) is 5.32 Å². The number of hydrogen-bond donors (Lipinski definition) is 2. The van der Waals surface area contributed by atoms with Gasteiger partial charge in [0, 0.05) is 5.69 Å². The van der Waals surface area contributed by atoms with Crippen LogP contribution in [0.15, 0.2) is 60.7 Å². The zero-order chi connectivity index (χ0) is 17.8. The molecule has 5 heteroatoms. The van der Waals surface area contributed by atoms with Crippen molar-refractivity contribution in [1.82, 2.24) is 0 Å². The summed E-state index contributed by atoms with van der Waals surface area (Å²) in [6.07, 6.45) is 0. The number of fused-ring (bicyclic) bond motifs is 1. The van der Waals surface area contributed by atoms with Crippen molar-refractivity contribution >= 4 is 28.3 Å². The highest BCUT2D eigenvalue weighted by molar-refractivity contribution is 5.98. The van der Waals surface area contributed by atoms with E-state index < -0.39 is 18.5 Å². The first-order valence-electron chi connectivity index (χ1n) is 7.78. The Morgan fingerprint density at radius 1 is 1.00 bits per heavy atom. The largest absolute Gasteiger partial charge is 0.507 e. The van der Waals surface area contributed by atoms with Crippen molar-refractivity contribution in [2.75, 3.05) is 11.9 Å². The number of anilines is 1. The van der Waals surface area contributed by atoms with Crippen LogP contribution in [0.2, 0.25) is 0 Å². The number of carbonyl (C=O) groups excluding carboxylic acids is 2. The van der Waals surface area contributed by atoms with Gasteiger partial charge in [0.05, 0.1) is 0 Å². The van der Waals surface area contributed by atoms with E-state index in [1.807, 2.05) is 36.4 Å². The lowest BCUT2D eigenvalue weighted by Gasteiger charge is -2.08. The highest BCUT2D eigenvalue weighted by Crippen LogP contribution is 2.20. The molecule has 2 N–H and O–H groups in total. The third kappa shape index (κ3) is 3.95. The third-order valence-electron chi connectivity index (χ3n) is 3.74. The number of esters is 1. The van der Waals surface area contributed by atoms with Crippen LogP contribution < -0.4 is 5.32 Å². The van der Waals surface area contributed by atoms with Crippen LogP contribution in [-0.4, -0.2) is 23.6 Å². The molecule has 3 aromatic carbocycles. The van der Waals surface area contributed by atoms with Crippen molar-refractivity contribution in [1.29, 1.82) is 0 Å². The van der Waals surface area contributed by atoms with Gasteiger partial charge in [-0.25, -0.2) is 4.79 Å². The SMILES string of the molecule is Cc1ccc(C(=O)OCC(=O)Nc2ccc3ccccc3c2)c(O)c1. The second kappa shape index (κ2) is 7.05. The standard InChI is InChI=1S/C20H17NO4/c1-13-6-9-17(18(22)10-13)20(24)25-12-19(23)21-16-8-7-14-4-2-3-5-15(14)11-16/h2-11,22H,12H2,1H3,(H,21,23). The summed E-state index contributed by atoms with van der Waals surface area (Å²) in [6, 6.07) is 18.0. The van der Waals surface area contributed by atoms with Gasteiger partial charge >= 0.3 is 5.97 Å². The fourth-order valence-electron chi connectivity index (χ4n) is 2.49. The summed E-state index contributed by atoms with van der Waals surface area (Å²) >= 11 is 0. The van der Waals surface area contributed by atoms with Crippen LogP contribution in [0.4, 0.5) is 5.69 Å². The number of hydrogen-bond acceptors (Lipinski definition) is 4. The summed E-state index contributed by atoms with van der Waals surface area (Å²) in [4.78, 5) is 23.9. The second-order valence-corrected chi connectivity index (χ2v) is 5.71. The molecule has 0 aliphatic carbocycles. The molecule has 5 nitrogen and oxygen atoms in total. The molecule has 0 aromatic heterocycles. The Kier molecular flexibility index (Phi) is 4.66. The molecule has 0 saturated carbocycles. The van der Waals surface area contributed by atoms with E-state index in [1.54, 1.807) is 19.1 Å². The molecule has 0 atom stereocenters. The van der Waals surface area contributed by atoms with Gasteiger partial charge in [0.15, 0.2) is 6.61 Å². The van der Waals surface area contributed by atoms with Crippen LogP contribution in [0.5, 0.6) is 5.75 Å². The Morgan fingerprint density at radius 2 is 1.76 bits per heavy atom. The Bertz CT molecular complexity index is 949. The van der Waals surface area contributed by atoms with Crippen LogP contribution in [0.25, 0.3) is 10.8 Å². The van der Waals surface area contributed by atoms with Crippen molar-refractivity contribution in [3.8, 4) is 5.75 Å². The second-order valence-electron chi connectivity index (χ2n) is 5.71. The molecule has 3 aromatic rings. The number of carbonyl (C=O) groups is 2. The normalized spacial score (nSPS) is 10.4. The van der Waals surface area contributed by atoms with Crippen LogP contribution in [0.1, 0.15) is 15.9 Å². The molecule has 1 amide bonds. The van der Waals surface area contributed by atoms with Crippen LogP contribution in [0.3, 0.4) is 0 Å². The zero-order valence-corrected chi connectivity index (χ0v) is 13.7. The minimum Gasteiger partial charge on any atom is -0.507 e. The molecule has 126 valence electrons. The van der Waals surface area contributed by atoms with E-state index in [0.29, 0.717) is 5.69 Å². The van der Waals surface area contributed by atoms with Gasteiger partial charge < -0.3 is 15.2 Å². The molecule has 25 heavy (non-hydrogen) atoms. The molecule has 0 saturated heterocycles. The number of phenolic OH excluding ortho intramolecular Hbond substituents is 1. The average Bonchev–Trinajstić information content (AvgIpc) is 2.59. The molecular weight excluding hydrogens is 318 g/mol. The first-order chi connectivity index (χ1) is 12.0. The lowest BCUT2D eigenvalue weighted by atomic mass is 10.1. The van der Waals surface area contributed by atoms with Crippen molar-refractivity contribution in [3.63, 3.8) is 0 Å². The quantitative estimate of drug-likeness (QED) is 0.714. The summed E-state index contributed by atoms with van der Waals surface area (Å²) in [5.74, 6) is -1.36. The lowest BCUT2D eigenvalue weighted by molar-refractivity contribution is -0.119. The highest BCUT2D eigenvalue weighted by atomic mass is 16.5. The van der Waals surface area contributed by atoms with E-state index in [-0.39, 0.29) is 11.3 Å². The van der Waals surface area contributed by atoms with Crippen LogP contribution in [0, 0.1) is 6.92 Å². The summed E-state index contributed by atoms with van der Waals surface area (Å²) in [5, 5.41) is 14.5. The van der Waals surface area contributed by atoms with Gasteiger partial charge in [-0.05, 0) is 47.5 Å². The van der Waals surface area contributed by atoms with Gasteiger partial charge in [-0.2, -0.15) is 0 Å². The number of ether oxygens (including phenoxy) is 1. The first-order valence-corrected chi connectivity index (χ1v) is 7.78. The summed E-state index contributed by atoms with van der Waals surface area (Å²) in [7, 11) is 0. The minimum atomic E-state index is -0.744. The highest BCUT2D eigenvalue weighted by Gasteiger charge is 2.14. The fourth-order valence-corrected chi connectivity index (χ4v) is 2.49. The monoisotopic (exact) mass is 335 g/mol. The van der Waals surface area contributed by atoms with Crippen molar-refractivity contribution in [3.05, 3.63) is 71.8 Å². The molecule has 0 bridgehead atoms. The van der Waals surface area contributed by atoms with Gasteiger partial charge in [-0.3, -0.25) is 4.79 Å². The van der Waals surface area contributed by atoms with Gasteiger partial charge in [0.2, 0.25) is 0 Å². The number of aromatic hydroxyl groups is 1. The van der Waals surface area contributed by atoms with Crippen LogP contribution in [-0.2, 0) is 9.53 Å². The molecule has 0 heterocycles. The van der Waals surface area contributed by atoms with E-state index in [4.69, 9.17) is 4.74 Å². The Balaban J connectivity index is 1.61.